The maximum Gasteiger partial charge on any atom is 0.0591 e. The normalized spacial score (nSPS) is 14.6. The first-order valence-electron chi connectivity index (χ1n) is 9.26. The van der Waals surface area contributed by atoms with Gasteiger partial charge < -0.3 is 10.1 Å². The van der Waals surface area contributed by atoms with Crippen LogP contribution in [0.25, 0.3) is 0 Å². The van der Waals surface area contributed by atoms with Crippen LogP contribution in [-0.4, -0.2) is 32.2 Å². The Hall–Kier alpha value is 0.210. The fourth-order valence-electron chi connectivity index (χ4n) is 2.45. The summed E-state index contributed by atoms with van der Waals surface area (Å²) >= 11 is 5.62. The van der Waals surface area contributed by atoms with Gasteiger partial charge >= 0.3 is 0 Å². The summed E-state index contributed by atoms with van der Waals surface area (Å²) in [5.74, 6) is 0.845. The van der Waals surface area contributed by atoms with Crippen LogP contribution in [0.3, 0.4) is 0 Å². The van der Waals surface area contributed by atoms with Crippen molar-refractivity contribution < 1.29 is 4.74 Å². The predicted molar refractivity (Wildman–Crippen MR) is 95.5 cm³/mol. The number of rotatable bonds is 12. The summed E-state index contributed by atoms with van der Waals surface area (Å²) in [6.07, 6.45) is 16.9. The van der Waals surface area contributed by atoms with E-state index in [1.807, 2.05) is 0 Å². The number of morpholine rings is 1. The van der Waals surface area contributed by atoms with Crippen LogP contribution in [0.1, 0.15) is 84.0 Å². The third-order valence-electron chi connectivity index (χ3n) is 3.83. The van der Waals surface area contributed by atoms with E-state index in [1.165, 1.54) is 77.0 Å². The Labute approximate surface area is 138 Å². The number of halogens is 1. The molecule has 1 N–H and O–H groups in total. The van der Waals surface area contributed by atoms with E-state index in [0.717, 1.165) is 32.2 Å². The minimum Gasteiger partial charge on any atom is -0.379 e. The Bertz CT molecular complexity index is 151. The van der Waals surface area contributed by atoms with Crippen molar-refractivity contribution in [1.29, 1.82) is 0 Å². The summed E-state index contributed by atoms with van der Waals surface area (Å²) in [4.78, 5) is 0. The molecule has 1 heterocycles. The van der Waals surface area contributed by atoms with Gasteiger partial charge in [0.15, 0.2) is 0 Å². The minimum atomic E-state index is 0.845. The van der Waals surface area contributed by atoms with Crippen molar-refractivity contribution in [1.82, 2.24) is 5.32 Å². The summed E-state index contributed by atoms with van der Waals surface area (Å²) < 4.78 is 5.01. The predicted octanol–water partition coefficient (Wildman–Crippen LogP) is 5.53. The average molecular weight is 320 g/mol. The minimum absolute atomic E-state index is 0.845. The first-order chi connectivity index (χ1) is 10.4. The lowest BCUT2D eigenvalue weighted by molar-refractivity contribution is 0.109. The highest BCUT2D eigenvalue weighted by Crippen LogP contribution is 2.11. The maximum absolute atomic E-state index is 5.62. The zero-order chi connectivity index (χ0) is 15.4. The van der Waals surface area contributed by atoms with Crippen molar-refractivity contribution in [2.45, 2.75) is 84.0 Å². The van der Waals surface area contributed by atoms with Gasteiger partial charge in [-0.1, -0.05) is 77.6 Å². The second-order valence-corrected chi connectivity index (χ2v) is 6.32. The molecule has 128 valence electrons. The number of hydrogen-bond donors (Lipinski definition) is 1. The van der Waals surface area contributed by atoms with Crippen LogP contribution in [-0.2, 0) is 4.74 Å². The molecule has 2 nitrogen and oxygen atoms in total. The van der Waals surface area contributed by atoms with E-state index >= 15 is 0 Å². The molecule has 1 aliphatic rings. The van der Waals surface area contributed by atoms with E-state index in [1.54, 1.807) is 0 Å². The number of alkyl halides is 1. The van der Waals surface area contributed by atoms with E-state index in [0.29, 0.717) is 0 Å². The van der Waals surface area contributed by atoms with Crippen LogP contribution in [0.5, 0.6) is 0 Å². The number of ether oxygens (including phenoxy) is 1. The molecular formula is C18H38ClNO. The summed E-state index contributed by atoms with van der Waals surface area (Å²) in [7, 11) is 0. The highest BCUT2D eigenvalue weighted by Gasteiger charge is 1.93. The van der Waals surface area contributed by atoms with Gasteiger partial charge in [-0.2, -0.15) is 0 Å². The molecule has 0 aromatic carbocycles. The van der Waals surface area contributed by atoms with Gasteiger partial charge in [0.05, 0.1) is 13.2 Å². The molecule has 0 aliphatic carbocycles. The number of unbranched alkanes of at least 4 members (excludes halogenated alkanes) is 11. The molecular weight excluding hydrogens is 282 g/mol. The molecule has 0 bridgehead atoms. The summed E-state index contributed by atoms with van der Waals surface area (Å²) in [5.41, 5.74) is 0. The lowest BCUT2D eigenvalue weighted by atomic mass is 10.1. The van der Waals surface area contributed by atoms with Gasteiger partial charge in [-0.15, -0.1) is 11.6 Å². The average Bonchev–Trinajstić information content (AvgIpc) is 2.55. The number of hydrogen-bond acceptors (Lipinski definition) is 2. The van der Waals surface area contributed by atoms with E-state index in [4.69, 9.17) is 16.3 Å². The summed E-state index contributed by atoms with van der Waals surface area (Å²) in [5, 5.41) is 3.16. The molecule has 1 rings (SSSR count). The van der Waals surface area contributed by atoms with Crippen LogP contribution in [0.15, 0.2) is 0 Å². The molecule has 3 heteroatoms. The van der Waals surface area contributed by atoms with E-state index in [-0.39, 0.29) is 0 Å². The third-order valence-corrected chi connectivity index (χ3v) is 4.10. The highest BCUT2D eigenvalue weighted by atomic mass is 35.5. The van der Waals surface area contributed by atoms with Crippen LogP contribution in [0.2, 0.25) is 0 Å². The number of nitrogens with one attached hydrogen (secondary N) is 1. The van der Waals surface area contributed by atoms with Gasteiger partial charge in [0, 0.05) is 19.0 Å². The SMILES string of the molecule is C1COCCN1.CCCCCCCCCCCCCCCl. The monoisotopic (exact) mass is 319 g/mol. The van der Waals surface area contributed by atoms with Crippen molar-refractivity contribution in [2.75, 3.05) is 32.2 Å². The summed E-state index contributed by atoms with van der Waals surface area (Å²) in [6.45, 7) is 6.11. The zero-order valence-corrected chi connectivity index (χ0v) is 15.1. The molecule has 0 atom stereocenters. The lowest BCUT2D eigenvalue weighted by Crippen LogP contribution is -2.30. The Balaban J connectivity index is 0.000000547. The zero-order valence-electron chi connectivity index (χ0n) is 14.3. The van der Waals surface area contributed by atoms with Gasteiger partial charge in [-0.25, -0.2) is 0 Å². The topological polar surface area (TPSA) is 21.3 Å². The Morgan fingerprint density at radius 3 is 1.43 bits per heavy atom. The molecule has 0 saturated carbocycles. The Kier molecular flexibility index (Phi) is 20.4. The van der Waals surface area contributed by atoms with Gasteiger partial charge in [-0.05, 0) is 6.42 Å². The molecule has 0 radical (unpaired) electrons. The highest BCUT2D eigenvalue weighted by molar-refractivity contribution is 6.17. The van der Waals surface area contributed by atoms with Gasteiger partial charge in [0.25, 0.3) is 0 Å². The quantitative estimate of drug-likeness (QED) is 0.377. The lowest BCUT2D eigenvalue weighted by Gasteiger charge is -2.10. The standard InChI is InChI=1S/C14H29Cl.C4H9NO/c1-2-3-4-5-6-7-8-9-10-11-12-13-14-15;1-3-6-4-2-5-1/h2-14H2,1H3;5H,1-4H2. The van der Waals surface area contributed by atoms with Gasteiger partial charge in [0.2, 0.25) is 0 Å². The Morgan fingerprint density at radius 2 is 1.14 bits per heavy atom. The largest absolute Gasteiger partial charge is 0.379 e. The van der Waals surface area contributed by atoms with Gasteiger partial charge in [-0.3, -0.25) is 0 Å². The van der Waals surface area contributed by atoms with Crippen molar-refractivity contribution in [2.24, 2.45) is 0 Å². The summed E-state index contributed by atoms with van der Waals surface area (Å²) in [6, 6.07) is 0. The second-order valence-electron chi connectivity index (χ2n) is 5.94. The smallest absolute Gasteiger partial charge is 0.0591 e. The first-order valence-corrected chi connectivity index (χ1v) is 9.79. The molecule has 0 spiro atoms. The van der Waals surface area contributed by atoms with Crippen molar-refractivity contribution in [3.63, 3.8) is 0 Å². The van der Waals surface area contributed by atoms with Crippen molar-refractivity contribution in [3.05, 3.63) is 0 Å². The fourth-order valence-corrected chi connectivity index (χ4v) is 2.64. The van der Waals surface area contributed by atoms with Crippen molar-refractivity contribution in [3.8, 4) is 0 Å². The van der Waals surface area contributed by atoms with Crippen LogP contribution in [0.4, 0.5) is 0 Å². The van der Waals surface area contributed by atoms with E-state index in [2.05, 4.69) is 12.2 Å². The molecule has 21 heavy (non-hydrogen) atoms. The molecule has 1 fully saturated rings. The molecule has 0 amide bonds. The second kappa shape index (κ2) is 20.2. The first kappa shape index (κ1) is 21.2. The van der Waals surface area contributed by atoms with Crippen LogP contribution < -0.4 is 5.32 Å². The van der Waals surface area contributed by atoms with Crippen LogP contribution in [0, 0.1) is 0 Å². The molecule has 1 aliphatic heterocycles. The van der Waals surface area contributed by atoms with Gasteiger partial charge in [0.1, 0.15) is 0 Å². The van der Waals surface area contributed by atoms with Crippen molar-refractivity contribution >= 4 is 11.6 Å². The molecule has 0 aromatic rings. The van der Waals surface area contributed by atoms with E-state index in [9.17, 15) is 0 Å². The molecule has 0 aromatic heterocycles. The third kappa shape index (κ3) is 20.2. The molecule has 1 saturated heterocycles. The fraction of sp³-hybridized carbons (Fsp3) is 1.00. The maximum atomic E-state index is 5.62. The van der Waals surface area contributed by atoms with Crippen LogP contribution >= 0.6 is 11.6 Å². The Morgan fingerprint density at radius 1 is 0.714 bits per heavy atom. The van der Waals surface area contributed by atoms with E-state index < -0.39 is 0 Å². The molecule has 0 unspecified atom stereocenters.